The minimum atomic E-state index is -0.624. The summed E-state index contributed by atoms with van der Waals surface area (Å²) in [5.74, 6) is -0.297. The summed E-state index contributed by atoms with van der Waals surface area (Å²) in [5.41, 5.74) is 2.92. The van der Waals surface area contributed by atoms with E-state index in [0.717, 1.165) is 11.1 Å². The van der Waals surface area contributed by atoms with Gasteiger partial charge in [-0.15, -0.1) is 0 Å². The second kappa shape index (κ2) is 4.96. The molecule has 1 aromatic heterocycles. The Labute approximate surface area is 137 Å². The first-order valence-corrected chi connectivity index (χ1v) is 7.63. The molecule has 5 nitrogen and oxygen atoms in total. The van der Waals surface area contributed by atoms with Crippen molar-refractivity contribution < 1.29 is 14.3 Å². The molecule has 0 bridgehead atoms. The normalized spacial score (nSPS) is 16.2. The van der Waals surface area contributed by atoms with Crippen LogP contribution in [0.4, 0.5) is 0 Å². The third-order valence-electron chi connectivity index (χ3n) is 4.35. The van der Waals surface area contributed by atoms with Gasteiger partial charge in [0.25, 0.3) is 5.91 Å². The lowest BCUT2D eigenvalue weighted by molar-refractivity contribution is 0.0938. The molecule has 1 amide bonds. The third kappa shape index (κ3) is 2.01. The highest BCUT2D eigenvalue weighted by molar-refractivity contribution is 5.99. The minimum Gasteiger partial charge on any atom is -0.508 e. The van der Waals surface area contributed by atoms with Crippen LogP contribution >= 0.6 is 0 Å². The van der Waals surface area contributed by atoms with E-state index < -0.39 is 11.9 Å². The van der Waals surface area contributed by atoms with Gasteiger partial charge in [-0.2, -0.15) is 0 Å². The van der Waals surface area contributed by atoms with Crippen molar-refractivity contribution in [2.24, 2.45) is 0 Å². The molecule has 24 heavy (non-hydrogen) atoms. The number of hydrogen-bond donors (Lipinski definition) is 2. The summed E-state index contributed by atoms with van der Waals surface area (Å²) >= 11 is 0. The molecular formula is C19H15NO4. The SMILES string of the molecule is Cc1cc(C)c2c(=O)c3c(oc2c1)C(=O)N[C@H]3c1cccc(O)c1. The van der Waals surface area contributed by atoms with Gasteiger partial charge in [0.2, 0.25) is 5.76 Å². The third-order valence-corrected chi connectivity index (χ3v) is 4.35. The molecule has 2 N–H and O–H groups in total. The van der Waals surface area contributed by atoms with Gasteiger partial charge in [-0.3, -0.25) is 9.59 Å². The molecule has 0 spiro atoms. The van der Waals surface area contributed by atoms with Crippen LogP contribution in [0.25, 0.3) is 11.0 Å². The number of carbonyl (C=O) groups excluding carboxylic acids is 1. The molecule has 120 valence electrons. The van der Waals surface area contributed by atoms with E-state index in [1.165, 1.54) is 12.1 Å². The Kier molecular flexibility index (Phi) is 3.00. The maximum Gasteiger partial charge on any atom is 0.288 e. The summed E-state index contributed by atoms with van der Waals surface area (Å²) in [4.78, 5) is 25.3. The van der Waals surface area contributed by atoms with Gasteiger partial charge >= 0.3 is 0 Å². The maximum atomic E-state index is 13.1. The van der Waals surface area contributed by atoms with Gasteiger partial charge in [0, 0.05) is 0 Å². The molecule has 1 aliphatic heterocycles. The number of amides is 1. The predicted octanol–water partition coefficient (Wildman–Crippen LogP) is 2.95. The second-order valence-corrected chi connectivity index (χ2v) is 6.13. The smallest absolute Gasteiger partial charge is 0.288 e. The average Bonchev–Trinajstić information content (AvgIpc) is 2.84. The van der Waals surface area contributed by atoms with E-state index in [9.17, 15) is 14.7 Å². The van der Waals surface area contributed by atoms with Crippen molar-refractivity contribution in [2.75, 3.05) is 0 Å². The van der Waals surface area contributed by atoms with E-state index in [2.05, 4.69) is 5.32 Å². The number of hydrogen-bond acceptors (Lipinski definition) is 4. The van der Waals surface area contributed by atoms with Gasteiger partial charge in [0.15, 0.2) is 5.43 Å². The van der Waals surface area contributed by atoms with Crippen molar-refractivity contribution in [1.82, 2.24) is 5.32 Å². The molecule has 1 aliphatic rings. The second-order valence-electron chi connectivity index (χ2n) is 6.13. The highest BCUT2D eigenvalue weighted by atomic mass is 16.3. The molecule has 0 saturated heterocycles. The number of aryl methyl sites for hydroxylation is 2. The highest BCUT2D eigenvalue weighted by Gasteiger charge is 2.36. The number of benzene rings is 2. The van der Waals surface area contributed by atoms with Crippen LogP contribution in [0.15, 0.2) is 45.6 Å². The minimum absolute atomic E-state index is 0.0471. The molecule has 0 saturated carbocycles. The molecule has 2 heterocycles. The molecule has 3 aromatic rings. The van der Waals surface area contributed by atoms with Crippen LogP contribution in [0.3, 0.4) is 0 Å². The largest absolute Gasteiger partial charge is 0.508 e. The fourth-order valence-corrected chi connectivity index (χ4v) is 3.36. The zero-order valence-corrected chi connectivity index (χ0v) is 13.2. The van der Waals surface area contributed by atoms with Crippen LogP contribution in [0.2, 0.25) is 0 Å². The van der Waals surface area contributed by atoms with Crippen molar-refractivity contribution >= 4 is 16.9 Å². The summed E-state index contributed by atoms with van der Waals surface area (Å²) in [6.45, 7) is 3.77. The number of aromatic hydroxyl groups is 1. The van der Waals surface area contributed by atoms with Gasteiger partial charge in [0.1, 0.15) is 11.3 Å². The Morgan fingerprint density at radius 2 is 1.92 bits per heavy atom. The molecule has 0 aliphatic carbocycles. The molecule has 0 fully saturated rings. The average molecular weight is 321 g/mol. The van der Waals surface area contributed by atoms with Gasteiger partial charge in [0.05, 0.1) is 17.0 Å². The summed E-state index contributed by atoms with van der Waals surface area (Å²) in [5, 5.41) is 12.9. The molecule has 0 radical (unpaired) electrons. The predicted molar refractivity (Wildman–Crippen MR) is 89.4 cm³/mol. The Bertz CT molecular complexity index is 1060. The molecule has 1 atom stereocenters. The van der Waals surface area contributed by atoms with Crippen molar-refractivity contribution in [1.29, 1.82) is 0 Å². The number of nitrogens with one attached hydrogen (secondary N) is 1. The molecule has 4 rings (SSSR count). The molecular weight excluding hydrogens is 306 g/mol. The molecule has 0 unspecified atom stereocenters. The fraction of sp³-hybridized carbons (Fsp3) is 0.158. The monoisotopic (exact) mass is 321 g/mol. The van der Waals surface area contributed by atoms with Crippen LogP contribution in [-0.2, 0) is 0 Å². The summed E-state index contributed by atoms with van der Waals surface area (Å²) < 4.78 is 5.77. The van der Waals surface area contributed by atoms with E-state index in [1.54, 1.807) is 18.2 Å². The maximum absolute atomic E-state index is 13.1. The molecule has 2 aromatic carbocycles. The Morgan fingerprint density at radius 3 is 2.67 bits per heavy atom. The van der Waals surface area contributed by atoms with Crippen LogP contribution < -0.4 is 10.7 Å². The Hall–Kier alpha value is -3.08. The van der Waals surface area contributed by atoms with Gasteiger partial charge < -0.3 is 14.8 Å². The van der Waals surface area contributed by atoms with E-state index in [0.29, 0.717) is 22.1 Å². The lowest BCUT2D eigenvalue weighted by Gasteiger charge is -2.12. The zero-order chi connectivity index (χ0) is 17.0. The standard InChI is InChI=1S/C19H15NO4/c1-9-6-10(2)14-13(7-9)24-18-15(17(14)22)16(20-19(18)23)11-4-3-5-12(21)8-11/h3-8,16,21H,1-2H3,(H,20,23)/t16-/m0/s1. The number of rotatable bonds is 1. The van der Waals surface area contributed by atoms with Crippen LogP contribution in [0, 0.1) is 13.8 Å². The number of phenolic OH excluding ortho intramolecular Hbond substituents is 1. The van der Waals surface area contributed by atoms with Crippen molar-refractivity contribution in [3.63, 3.8) is 0 Å². The summed E-state index contributed by atoms with van der Waals surface area (Å²) in [6.07, 6.45) is 0. The van der Waals surface area contributed by atoms with Crippen LogP contribution in [0.5, 0.6) is 5.75 Å². The van der Waals surface area contributed by atoms with Gasteiger partial charge in [-0.1, -0.05) is 18.2 Å². The molecule has 5 heteroatoms. The summed E-state index contributed by atoms with van der Waals surface area (Å²) in [6, 6.07) is 9.55. The first-order chi connectivity index (χ1) is 11.5. The van der Waals surface area contributed by atoms with Crippen molar-refractivity contribution in [2.45, 2.75) is 19.9 Å². The fourth-order valence-electron chi connectivity index (χ4n) is 3.36. The van der Waals surface area contributed by atoms with E-state index >= 15 is 0 Å². The van der Waals surface area contributed by atoms with E-state index in [-0.39, 0.29) is 16.9 Å². The van der Waals surface area contributed by atoms with Gasteiger partial charge in [-0.25, -0.2) is 0 Å². The Balaban J connectivity index is 2.04. The highest BCUT2D eigenvalue weighted by Crippen LogP contribution is 2.32. The lowest BCUT2D eigenvalue weighted by Crippen LogP contribution is -2.22. The number of carbonyl (C=O) groups is 1. The lowest BCUT2D eigenvalue weighted by atomic mass is 9.97. The first-order valence-electron chi connectivity index (χ1n) is 7.63. The quantitative estimate of drug-likeness (QED) is 0.722. The van der Waals surface area contributed by atoms with E-state index in [1.807, 2.05) is 19.9 Å². The van der Waals surface area contributed by atoms with Gasteiger partial charge in [-0.05, 0) is 48.7 Å². The van der Waals surface area contributed by atoms with E-state index in [4.69, 9.17) is 4.42 Å². The first kappa shape index (κ1) is 14.5. The topological polar surface area (TPSA) is 79.5 Å². The zero-order valence-electron chi connectivity index (χ0n) is 13.2. The number of phenols is 1. The van der Waals surface area contributed by atoms with Crippen LogP contribution in [0.1, 0.15) is 38.9 Å². The summed E-state index contributed by atoms with van der Waals surface area (Å²) in [7, 11) is 0. The van der Waals surface area contributed by atoms with Crippen molar-refractivity contribution in [3.05, 3.63) is 74.6 Å². The van der Waals surface area contributed by atoms with Crippen molar-refractivity contribution in [3.8, 4) is 5.75 Å². The van der Waals surface area contributed by atoms with Crippen LogP contribution in [-0.4, -0.2) is 11.0 Å². The Morgan fingerprint density at radius 1 is 1.12 bits per heavy atom. The number of fused-ring (bicyclic) bond motifs is 2.